The summed E-state index contributed by atoms with van der Waals surface area (Å²) in [6.07, 6.45) is 0. The van der Waals surface area contributed by atoms with Crippen molar-refractivity contribution in [3.05, 3.63) is 78.4 Å². The fourth-order valence-corrected chi connectivity index (χ4v) is 3.09. The zero-order valence-electron chi connectivity index (χ0n) is 16.0. The lowest BCUT2D eigenvalue weighted by atomic mass is 10.1. The Hall–Kier alpha value is -3.93. The van der Waals surface area contributed by atoms with Gasteiger partial charge in [-0.1, -0.05) is 36.4 Å². The monoisotopic (exact) mass is 386 g/mol. The molecule has 0 aliphatic rings. The third-order valence-corrected chi connectivity index (χ3v) is 4.53. The fourth-order valence-electron chi connectivity index (χ4n) is 3.09. The van der Waals surface area contributed by atoms with Crippen LogP contribution in [-0.4, -0.2) is 30.4 Å². The summed E-state index contributed by atoms with van der Waals surface area (Å²) in [6.45, 7) is 0. The summed E-state index contributed by atoms with van der Waals surface area (Å²) >= 11 is 0. The normalized spacial score (nSPS) is 10.6. The van der Waals surface area contributed by atoms with Gasteiger partial charge >= 0.3 is 5.97 Å². The quantitative estimate of drug-likeness (QED) is 0.469. The van der Waals surface area contributed by atoms with Crippen LogP contribution < -0.4 is 14.2 Å². The first kappa shape index (κ1) is 18.4. The third-order valence-electron chi connectivity index (χ3n) is 4.53. The molecule has 1 heterocycles. The molecule has 4 rings (SSSR count). The number of rotatable bonds is 5. The Morgan fingerprint density at radius 3 is 2.41 bits per heavy atom. The molecule has 0 saturated heterocycles. The molecule has 0 unspecified atom stereocenters. The second-order valence-electron chi connectivity index (χ2n) is 6.24. The minimum atomic E-state index is -0.484. The fraction of sp³-hybridized carbons (Fsp3) is 0.0870. The van der Waals surface area contributed by atoms with Crippen LogP contribution in [0.1, 0.15) is 10.4 Å². The molecule has 0 aliphatic heterocycles. The zero-order valence-corrected chi connectivity index (χ0v) is 16.0. The second-order valence-corrected chi connectivity index (χ2v) is 6.24. The molecule has 0 N–H and O–H groups in total. The van der Waals surface area contributed by atoms with E-state index in [9.17, 15) is 4.79 Å². The Labute approximate surface area is 167 Å². The summed E-state index contributed by atoms with van der Waals surface area (Å²) < 4.78 is 16.1. The number of methoxy groups -OCH3 is 2. The molecule has 0 aliphatic carbocycles. The average molecular weight is 386 g/mol. The summed E-state index contributed by atoms with van der Waals surface area (Å²) in [4.78, 5) is 12.6. The number of nitrogens with zero attached hydrogens (tertiary/aromatic N) is 2. The molecule has 0 saturated carbocycles. The van der Waals surface area contributed by atoms with E-state index in [1.807, 2.05) is 42.5 Å². The van der Waals surface area contributed by atoms with Gasteiger partial charge in [-0.2, -0.15) is 0 Å². The lowest BCUT2D eigenvalue weighted by Gasteiger charge is -2.10. The number of carbonyl (C=O) groups excluding carboxylic acids is 1. The Morgan fingerprint density at radius 2 is 1.66 bits per heavy atom. The molecule has 0 atom stereocenters. The molecule has 0 spiro atoms. The predicted molar refractivity (Wildman–Crippen MR) is 109 cm³/mol. The van der Waals surface area contributed by atoms with Gasteiger partial charge in [0, 0.05) is 11.6 Å². The van der Waals surface area contributed by atoms with E-state index in [2.05, 4.69) is 10.2 Å². The van der Waals surface area contributed by atoms with Crippen LogP contribution in [0.25, 0.3) is 22.0 Å². The highest BCUT2D eigenvalue weighted by Gasteiger charge is 2.14. The summed E-state index contributed by atoms with van der Waals surface area (Å²) in [5, 5.41) is 10.0. The minimum absolute atomic E-state index is 0.119. The van der Waals surface area contributed by atoms with Gasteiger partial charge in [0.1, 0.15) is 11.5 Å². The molecule has 4 aromatic rings. The maximum Gasteiger partial charge on any atom is 0.345 e. The van der Waals surface area contributed by atoms with E-state index >= 15 is 0 Å². The van der Waals surface area contributed by atoms with E-state index < -0.39 is 5.97 Å². The van der Waals surface area contributed by atoms with Crippen molar-refractivity contribution in [3.8, 4) is 28.6 Å². The molecule has 6 heteroatoms. The van der Waals surface area contributed by atoms with Gasteiger partial charge in [0.15, 0.2) is 0 Å². The second kappa shape index (κ2) is 7.98. The van der Waals surface area contributed by atoms with Gasteiger partial charge < -0.3 is 14.2 Å². The summed E-state index contributed by atoms with van der Waals surface area (Å²) in [5.74, 6) is 0.950. The Bertz CT molecular complexity index is 1170. The lowest BCUT2D eigenvalue weighted by Crippen LogP contribution is -2.10. The van der Waals surface area contributed by atoms with Gasteiger partial charge in [0.2, 0.25) is 5.88 Å². The molecule has 3 aromatic carbocycles. The summed E-state index contributed by atoms with van der Waals surface area (Å²) in [5.41, 5.74) is 1.78. The number of hydrogen-bond acceptors (Lipinski definition) is 6. The van der Waals surface area contributed by atoms with Crippen LogP contribution in [0.4, 0.5) is 0 Å². The highest BCUT2D eigenvalue weighted by atomic mass is 16.5. The first-order chi connectivity index (χ1) is 14.2. The minimum Gasteiger partial charge on any atom is -0.497 e. The molecule has 0 fully saturated rings. The van der Waals surface area contributed by atoms with Gasteiger partial charge in [-0.3, -0.25) is 0 Å². The smallest absolute Gasteiger partial charge is 0.345 e. The van der Waals surface area contributed by atoms with Crippen molar-refractivity contribution in [2.45, 2.75) is 0 Å². The number of esters is 1. The Kier molecular flexibility index (Phi) is 5.07. The molecule has 0 amide bonds. The van der Waals surface area contributed by atoms with Crippen molar-refractivity contribution in [1.82, 2.24) is 10.2 Å². The predicted octanol–water partition coefficient (Wildman–Crippen LogP) is 4.53. The van der Waals surface area contributed by atoms with Crippen LogP contribution in [-0.2, 0) is 0 Å². The van der Waals surface area contributed by atoms with Crippen LogP contribution in [0.5, 0.6) is 17.4 Å². The third kappa shape index (κ3) is 3.73. The van der Waals surface area contributed by atoms with Crippen molar-refractivity contribution in [1.29, 1.82) is 0 Å². The van der Waals surface area contributed by atoms with Crippen molar-refractivity contribution < 1.29 is 19.0 Å². The van der Waals surface area contributed by atoms with Crippen molar-refractivity contribution in [2.75, 3.05) is 14.2 Å². The molecule has 144 valence electrons. The van der Waals surface area contributed by atoms with Crippen molar-refractivity contribution in [2.24, 2.45) is 0 Å². The van der Waals surface area contributed by atoms with Gasteiger partial charge in [0.05, 0.1) is 25.5 Å². The lowest BCUT2D eigenvalue weighted by molar-refractivity contribution is 0.0728. The topological polar surface area (TPSA) is 70.5 Å². The van der Waals surface area contributed by atoms with Crippen molar-refractivity contribution in [3.63, 3.8) is 0 Å². The summed E-state index contributed by atoms with van der Waals surface area (Å²) in [6, 6.07) is 21.9. The molecule has 0 bridgehead atoms. The first-order valence-corrected chi connectivity index (χ1v) is 8.95. The number of hydrogen-bond donors (Lipinski definition) is 0. The van der Waals surface area contributed by atoms with Crippen LogP contribution in [0, 0.1) is 0 Å². The van der Waals surface area contributed by atoms with E-state index in [1.165, 1.54) is 0 Å². The molecule has 1 aromatic heterocycles. The molecular weight excluding hydrogens is 368 g/mol. The van der Waals surface area contributed by atoms with E-state index in [-0.39, 0.29) is 5.88 Å². The molecule has 29 heavy (non-hydrogen) atoms. The average Bonchev–Trinajstić information content (AvgIpc) is 2.78. The number of carbonyl (C=O) groups is 1. The van der Waals surface area contributed by atoms with Gasteiger partial charge in [-0.05, 0) is 41.1 Å². The van der Waals surface area contributed by atoms with E-state index in [0.717, 1.165) is 16.3 Å². The Morgan fingerprint density at radius 1 is 0.828 bits per heavy atom. The first-order valence-electron chi connectivity index (χ1n) is 8.95. The molecular formula is C23H18N2O4. The van der Waals surface area contributed by atoms with Gasteiger partial charge in [-0.25, -0.2) is 4.79 Å². The zero-order chi connectivity index (χ0) is 20.2. The Balaban J connectivity index is 1.60. The number of ether oxygens (including phenoxy) is 3. The van der Waals surface area contributed by atoms with Crippen LogP contribution in [0.3, 0.4) is 0 Å². The summed E-state index contributed by atoms with van der Waals surface area (Å²) in [7, 11) is 3.17. The standard InChI is InChI=1S/C23H18N2O4/c1-27-16-10-12-21(28-2)19(14-16)20-11-13-22(25-24-20)29-23(26)18-9-5-7-15-6-3-4-8-17(15)18/h3-14H,1-2H3. The maximum absolute atomic E-state index is 12.6. The van der Waals surface area contributed by atoms with Crippen LogP contribution in [0.15, 0.2) is 72.8 Å². The van der Waals surface area contributed by atoms with Crippen LogP contribution >= 0.6 is 0 Å². The van der Waals surface area contributed by atoms with E-state index in [4.69, 9.17) is 14.2 Å². The number of fused-ring (bicyclic) bond motifs is 1. The maximum atomic E-state index is 12.6. The SMILES string of the molecule is COc1ccc(OC)c(-c2ccc(OC(=O)c3cccc4ccccc34)nn2)c1. The highest BCUT2D eigenvalue weighted by molar-refractivity contribution is 6.05. The van der Waals surface area contributed by atoms with Gasteiger partial charge in [-0.15, -0.1) is 10.2 Å². The highest BCUT2D eigenvalue weighted by Crippen LogP contribution is 2.32. The number of benzene rings is 3. The van der Waals surface area contributed by atoms with E-state index in [1.54, 1.807) is 44.6 Å². The van der Waals surface area contributed by atoms with E-state index in [0.29, 0.717) is 22.8 Å². The molecule has 6 nitrogen and oxygen atoms in total. The largest absolute Gasteiger partial charge is 0.497 e. The number of aromatic nitrogens is 2. The van der Waals surface area contributed by atoms with Crippen molar-refractivity contribution >= 4 is 16.7 Å². The van der Waals surface area contributed by atoms with Gasteiger partial charge in [0.25, 0.3) is 0 Å². The van der Waals surface area contributed by atoms with Crippen LogP contribution in [0.2, 0.25) is 0 Å². The molecule has 0 radical (unpaired) electrons.